The zero-order valence-corrected chi connectivity index (χ0v) is 9.27. The van der Waals surface area contributed by atoms with Crippen molar-refractivity contribution in [3.8, 4) is 0 Å². The molecule has 0 aromatic heterocycles. The molecule has 3 N–H and O–H groups in total. The van der Waals surface area contributed by atoms with Gasteiger partial charge in [0.2, 0.25) is 0 Å². The Morgan fingerprint density at radius 2 is 2.27 bits per heavy atom. The molecule has 0 aliphatic rings. The number of anilines is 2. The van der Waals surface area contributed by atoms with Crippen molar-refractivity contribution >= 4 is 23.0 Å². The zero-order chi connectivity index (χ0) is 11.3. The van der Waals surface area contributed by atoms with Crippen LogP contribution in [0.5, 0.6) is 0 Å². The van der Waals surface area contributed by atoms with Crippen molar-refractivity contribution in [1.82, 2.24) is 0 Å². The molecule has 0 spiro atoms. The smallest absolute Gasteiger partial charge is 0.143 e. The van der Waals surface area contributed by atoms with Crippen LogP contribution < -0.4 is 11.1 Å². The van der Waals surface area contributed by atoms with Crippen LogP contribution in [0.2, 0.25) is 5.02 Å². The van der Waals surface area contributed by atoms with Gasteiger partial charge in [0.15, 0.2) is 0 Å². The summed E-state index contributed by atoms with van der Waals surface area (Å²) in [6.07, 6.45) is 0. The quantitative estimate of drug-likeness (QED) is 0.606. The zero-order valence-electron chi connectivity index (χ0n) is 8.52. The molecule has 15 heavy (non-hydrogen) atoms. The topological polar surface area (TPSA) is 47.3 Å². The summed E-state index contributed by atoms with van der Waals surface area (Å²) in [6.45, 7) is 3.71. The maximum Gasteiger partial charge on any atom is 0.143 e. The maximum absolute atomic E-state index is 13.1. The summed E-state index contributed by atoms with van der Waals surface area (Å²) in [5, 5.41) is 3.00. The molecule has 1 aromatic carbocycles. The molecule has 5 heteroatoms. The third-order valence-electron chi connectivity index (χ3n) is 1.86. The van der Waals surface area contributed by atoms with Crippen LogP contribution in [0.3, 0.4) is 0 Å². The Morgan fingerprint density at radius 3 is 2.93 bits per heavy atom. The predicted octanol–water partition coefficient (Wildman–Crippen LogP) is 2.51. The molecule has 0 amide bonds. The second kappa shape index (κ2) is 5.78. The van der Waals surface area contributed by atoms with Gasteiger partial charge in [0.25, 0.3) is 0 Å². The van der Waals surface area contributed by atoms with Gasteiger partial charge in [0, 0.05) is 19.2 Å². The summed E-state index contributed by atoms with van der Waals surface area (Å²) < 4.78 is 18.2. The van der Waals surface area contributed by atoms with Gasteiger partial charge in [-0.25, -0.2) is 4.39 Å². The normalized spacial score (nSPS) is 10.3. The van der Waals surface area contributed by atoms with E-state index in [1.807, 2.05) is 6.92 Å². The average Bonchev–Trinajstić information content (AvgIpc) is 2.20. The molecular formula is C10H14ClFN2O. The Morgan fingerprint density at radius 1 is 1.53 bits per heavy atom. The second-order valence-electron chi connectivity index (χ2n) is 2.98. The van der Waals surface area contributed by atoms with E-state index in [0.29, 0.717) is 31.1 Å². The molecule has 0 fully saturated rings. The molecule has 0 saturated heterocycles. The van der Waals surface area contributed by atoms with Gasteiger partial charge in [-0.15, -0.1) is 0 Å². The fourth-order valence-electron chi connectivity index (χ4n) is 1.12. The number of nitrogens with one attached hydrogen (secondary N) is 1. The van der Waals surface area contributed by atoms with Gasteiger partial charge < -0.3 is 15.8 Å². The number of hydrogen-bond acceptors (Lipinski definition) is 3. The summed E-state index contributed by atoms with van der Waals surface area (Å²) in [5.41, 5.74) is 6.62. The SMILES string of the molecule is CCOCCNc1cc(F)c(Cl)cc1N. The summed E-state index contributed by atoms with van der Waals surface area (Å²) >= 11 is 5.56. The van der Waals surface area contributed by atoms with Crippen LogP contribution in [0.1, 0.15) is 6.92 Å². The van der Waals surface area contributed by atoms with E-state index in [9.17, 15) is 4.39 Å². The molecule has 1 rings (SSSR count). The first kappa shape index (κ1) is 12.1. The number of hydrogen-bond donors (Lipinski definition) is 2. The van der Waals surface area contributed by atoms with E-state index >= 15 is 0 Å². The highest BCUT2D eigenvalue weighted by Crippen LogP contribution is 2.25. The van der Waals surface area contributed by atoms with Crippen molar-refractivity contribution in [3.05, 3.63) is 23.0 Å². The largest absolute Gasteiger partial charge is 0.397 e. The molecule has 0 heterocycles. The van der Waals surface area contributed by atoms with Gasteiger partial charge in [-0.1, -0.05) is 11.6 Å². The Kier molecular flexibility index (Phi) is 4.65. The van der Waals surface area contributed by atoms with Crippen molar-refractivity contribution < 1.29 is 9.13 Å². The molecule has 0 bridgehead atoms. The van der Waals surface area contributed by atoms with E-state index in [2.05, 4.69) is 5.32 Å². The van der Waals surface area contributed by atoms with Crippen LogP contribution in [0.4, 0.5) is 15.8 Å². The van der Waals surface area contributed by atoms with Gasteiger partial charge >= 0.3 is 0 Å². The summed E-state index contributed by atoms with van der Waals surface area (Å²) in [6, 6.07) is 2.67. The predicted molar refractivity (Wildman–Crippen MR) is 60.8 cm³/mol. The van der Waals surface area contributed by atoms with Crippen LogP contribution in [-0.4, -0.2) is 19.8 Å². The van der Waals surface area contributed by atoms with Crippen LogP contribution in [0.25, 0.3) is 0 Å². The number of ether oxygens (including phenoxy) is 1. The van der Waals surface area contributed by atoms with Crippen molar-refractivity contribution in [2.75, 3.05) is 30.8 Å². The lowest BCUT2D eigenvalue weighted by Gasteiger charge is -2.09. The molecule has 84 valence electrons. The van der Waals surface area contributed by atoms with Crippen molar-refractivity contribution in [3.63, 3.8) is 0 Å². The van der Waals surface area contributed by atoms with Gasteiger partial charge in [-0.05, 0) is 13.0 Å². The molecule has 0 unspecified atom stereocenters. The number of nitrogen functional groups attached to an aromatic ring is 1. The van der Waals surface area contributed by atoms with Crippen LogP contribution in [0.15, 0.2) is 12.1 Å². The van der Waals surface area contributed by atoms with E-state index in [1.165, 1.54) is 12.1 Å². The molecule has 0 aliphatic heterocycles. The Hall–Kier alpha value is -1.00. The lowest BCUT2D eigenvalue weighted by Crippen LogP contribution is -2.10. The van der Waals surface area contributed by atoms with Crippen molar-refractivity contribution in [2.45, 2.75) is 6.92 Å². The molecule has 0 saturated carbocycles. The molecule has 0 radical (unpaired) electrons. The molecule has 3 nitrogen and oxygen atoms in total. The minimum Gasteiger partial charge on any atom is -0.397 e. The van der Waals surface area contributed by atoms with Crippen LogP contribution in [0, 0.1) is 5.82 Å². The number of rotatable bonds is 5. The first-order chi connectivity index (χ1) is 7.15. The highest BCUT2D eigenvalue weighted by molar-refractivity contribution is 6.31. The average molecular weight is 233 g/mol. The van der Waals surface area contributed by atoms with E-state index in [-0.39, 0.29) is 5.02 Å². The highest BCUT2D eigenvalue weighted by atomic mass is 35.5. The minimum absolute atomic E-state index is 0.0304. The fourth-order valence-corrected chi connectivity index (χ4v) is 1.29. The first-order valence-corrected chi connectivity index (χ1v) is 5.09. The minimum atomic E-state index is -0.482. The van der Waals surface area contributed by atoms with Gasteiger partial charge in [0.05, 0.1) is 23.0 Å². The number of nitrogens with two attached hydrogens (primary N) is 1. The third-order valence-corrected chi connectivity index (χ3v) is 2.15. The molecule has 0 aliphatic carbocycles. The Labute approximate surface area is 93.4 Å². The summed E-state index contributed by atoms with van der Waals surface area (Å²) in [4.78, 5) is 0. The van der Waals surface area contributed by atoms with E-state index in [1.54, 1.807) is 0 Å². The van der Waals surface area contributed by atoms with Gasteiger partial charge in [0.1, 0.15) is 5.82 Å². The number of halogens is 2. The lowest BCUT2D eigenvalue weighted by atomic mass is 10.2. The fraction of sp³-hybridized carbons (Fsp3) is 0.400. The highest BCUT2D eigenvalue weighted by Gasteiger charge is 2.05. The molecular weight excluding hydrogens is 219 g/mol. The molecule has 1 aromatic rings. The first-order valence-electron chi connectivity index (χ1n) is 4.71. The second-order valence-corrected chi connectivity index (χ2v) is 3.38. The van der Waals surface area contributed by atoms with E-state index < -0.39 is 5.82 Å². The maximum atomic E-state index is 13.1. The summed E-state index contributed by atoms with van der Waals surface area (Å²) in [5.74, 6) is -0.482. The standard InChI is InChI=1S/C10H14ClFN2O/c1-2-15-4-3-14-10-6-8(12)7(11)5-9(10)13/h5-6,14H,2-4,13H2,1H3. The summed E-state index contributed by atoms with van der Waals surface area (Å²) in [7, 11) is 0. The van der Waals surface area contributed by atoms with Crippen molar-refractivity contribution in [2.24, 2.45) is 0 Å². The van der Waals surface area contributed by atoms with Gasteiger partial charge in [-0.2, -0.15) is 0 Å². The van der Waals surface area contributed by atoms with E-state index in [0.717, 1.165) is 0 Å². The Balaban J connectivity index is 2.57. The van der Waals surface area contributed by atoms with E-state index in [4.69, 9.17) is 22.1 Å². The molecule has 0 atom stereocenters. The van der Waals surface area contributed by atoms with Crippen molar-refractivity contribution in [1.29, 1.82) is 0 Å². The number of benzene rings is 1. The Bertz CT molecular complexity index is 333. The monoisotopic (exact) mass is 232 g/mol. The van der Waals surface area contributed by atoms with Crippen LogP contribution >= 0.6 is 11.6 Å². The lowest BCUT2D eigenvalue weighted by molar-refractivity contribution is 0.158. The van der Waals surface area contributed by atoms with Gasteiger partial charge in [-0.3, -0.25) is 0 Å². The third kappa shape index (κ3) is 3.57. The van der Waals surface area contributed by atoms with Crippen LogP contribution in [-0.2, 0) is 4.74 Å².